The molecule has 3 heteroatoms. The molecule has 0 aliphatic heterocycles. The summed E-state index contributed by atoms with van der Waals surface area (Å²) in [5.41, 5.74) is 10.6. The molecule has 0 saturated carbocycles. The molecule has 2 aromatic rings. The van der Waals surface area contributed by atoms with Gasteiger partial charge < -0.3 is 15.2 Å². The number of aryl methyl sites for hydroxylation is 3. The molecule has 0 bridgehead atoms. The third-order valence-electron chi connectivity index (χ3n) is 3.94. The van der Waals surface area contributed by atoms with Crippen LogP contribution in [0.4, 0.5) is 5.69 Å². The SMILES string of the molecule is Cc1ccc(OCCOc2ccc3c(c2)CCC3)cc1N. The van der Waals surface area contributed by atoms with E-state index in [1.807, 2.05) is 31.2 Å². The summed E-state index contributed by atoms with van der Waals surface area (Å²) in [5.74, 6) is 1.72. The van der Waals surface area contributed by atoms with E-state index in [1.165, 1.54) is 30.4 Å². The lowest BCUT2D eigenvalue weighted by molar-refractivity contribution is 0.217. The van der Waals surface area contributed by atoms with Crippen LogP contribution >= 0.6 is 0 Å². The number of hydrogen-bond donors (Lipinski definition) is 1. The second kappa shape index (κ2) is 6.08. The fourth-order valence-electron chi connectivity index (χ4n) is 2.67. The van der Waals surface area contributed by atoms with Gasteiger partial charge in [0.25, 0.3) is 0 Å². The lowest BCUT2D eigenvalue weighted by Gasteiger charge is -2.10. The molecule has 0 atom stereocenters. The van der Waals surface area contributed by atoms with Gasteiger partial charge in [-0.15, -0.1) is 0 Å². The Morgan fingerprint density at radius 2 is 1.57 bits per heavy atom. The van der Waals surface area contributed by atoms with Crippen molar-refractivity contribution in [3.63, 3.8) is 0 Å². The van der Waals surface area contributed by atoms with Crippen molar-refractivity contribution >= 4 is 5.69 Å². The zero-order valence-electron chi connectivity index (χ0n) is 12.4. The van der Waals surface area contributed by atoms with E-state index < -0.39 is 0 Å². The van der Waals surface area contributed by atoms with Gasteiger partial charge in [-0.1, -0.05) is 12.1 Å². The quantitative estimate of drug-likeness (QED) is 0.674. The molecule has 0 saturated heterocycles. The van der Waals surface area contributed by atoms with Crippen LogP contribution in [0.5, 0.6) is 11.5 Å². The van der Waals surface area contributed by atoms with Gasteiger partial charge in [0.1, 0.15) is 24.7 Å². The molecular weight excluding hydrogens is 262 g/mol. The first-order valence-electron chi connectivity index (χ1n) is 7.46. The van der Waals surface area contributed by atoms with Gasteiger partial charge in [-0.2, -0.15) is 0 Å². The lowest BCUT2D eigenvalue weighted by atomic mass is 10.1. The van der Waals surface area contributed by atoms with Gasteiger partial charge in [0.2, 0.25) is 0 Å². The molecule has 0 heterocycles. The smallest absolute Gasteiger partial charge is 0.122 e. The Bertz CT molecular complexity index is 637. The second-order valence-corrected chi connectivity index (χ2v) is 5.50. The molecule has 0 fully saturated rings. The molecule has 3 rings (SSSR count). The van der Waals surface area contributed by atoms with Crippen molar-refractivity contribution in [3.05, 3.63) is 53.1 Å². The Labute approximate surface area is 125 Å². The molecule has 3 nitrogen and oxygen atoms in total. The standard InChI is InChI=1S/C18H21NO2/c1-13-5-7-17(12-18(13)19)21-10-9-20-16-8-6-14-3-2-4-15(14)11-16/h5-8,11-12H,2-4,9-10,19H2,1H3. The van der Waals surface area contributed by atoms with E-state index in [1.54, 1.807) is 0 Å². The summed E-state index contributed by atoms with van der Waals surface area (Å²) in [6.07, 6.45) is 3.63. The van der Waals surface area contributed by atoms with Crippen LogP contribution in [0.2, 0.25) is 0 Å². The molecule has 1 aliphatic carbocycles. The Morgan fingerprint density at radius 3 is 2.33 bits per heavy atom. The van der Waals surface area contributed by atoms with E-state index in [9.17, 15) is 0 Å². The molecule has 0 radical (unpaired) electrons. The number of nitrogen functional groups attached to an aromatic ring is 1. The number of nitrogens with two attached hydrogens (primary N) is 1. The average molecular weight is 283 g/mol. The van der Waals surface area contributed by atoms with Crippen LogP contribution in [0, 0.1) is 6.92 Å². The summed E-state index contributed by atoms with van der Waals surface area (Å²) < 4.78 is 11.4. The normalized spacial score (nSPS) is 13.0. The van der Waals surface area contributed by atoms with Crippen LogP contribution in [0.15, 0.2) is 36.4 Å². The minimum Gasteiger partial charge on any atom is -0.490 e. The highest BCUT2D eigenvalue weighted by molar-refractivity contribution is 5.50. The minimum atomic E-state index is 0.513. The maximum absolute atomic E-state index is 5.86. The maximum Gasteiger partial charge on any atom is 0.122 e. The van der Waals surface area contributed by atoms with Gasteiger partial charge in [0, 0.05) is 11.8 Å². The fraction of sp³-hybridized carbons (Fsp3) is 0.333. The Kier molecular flexibility index (Phi) is 4.00. The summed E-state index contributed by atoms with van der Waals surface area (Å²) in [5, 5.41) is 0. The first kappa shape index (κ1) is 13.8. The molecule has 1 aliphatic rings. The zero-order valence-corrected chi connectivity index (χ0v) is 12.4. The molecule has 0 spiro atoms. The molecule has 0 unspecified atom stereocenters. The average Bonchev–Trinajstić information content (AvgIpc) is 2.95. The second-order valence-electron chi connectivity index (χ2n) is 5.50. The first-order valence-corrected chi connectivity index (χ1v) is 7.46. The number of anilines is 1. The number of ether oxygens (including phenoxy) is 2. The van der Waals surface area contributed by atoms with E-state index in [0.717, 1.165) is 22.7 Å². The fourth-order valence-corrected chi connectivity index (χ4v) is 2.67. The van der Waals surface area contributed by atoms with Gasteiger partial charge in [0.05, 0.1) is 0 Å². The van der Waals surface area contributed by atoms with Crippen molar-refractivity contribution in [3.8, 4) is 11.5 Å². The van der Waals surface area contributed by atoms with Crippen molar-refractivity contribution in [2.45, 2.75) is 26.2 Å². The molecule has 2 aromatic carbocycles. The van der Waals surface area contributed by atoms with Crippen LogP contribution in [-0.2, 0) is 12.8 Å². The predicted octanol–water partition coefficient (Wildman–Crippen LogP) is 3.52. The van der Waals surface area contributed by atoms with Crippen LogP contribution in [-0.4, -0.2) is 13.2 Å². The molecule has 0 aromatic heterocycles. The number of hydrogen-bond acceptors (Lipinski definition) is 3. The van der Waals surface area contributed by atoms with Crippen LogP contribution in [0.1, 0.15) is 23.1 Å². The lowest BCUT2D eigenvalue weighted by Crippen LogP contribution is -2.09. The van der Waals surface area contributed by atoms with Crippen LogP contribution in [0.3, 0.4) is 0 Å². The first-order chi connectivity index (χ1) is 10.2. The molecule has 2 N–H and O–H groups in total. The molecule has 0 amide bonds. The van der Waals surface area contributed by atoms with Crippen molar-refractivity contribution in [2.24, 2.45) is 0 Å². The summed E-state index contributed by atoms with van der Waals surface area (Å²) in [6.45, 7) is 3.03. The van der Waals surface area contributed by atoms with E-state index in [-0.39, 0.29) is 0 Å². The highest BCUT2D eigenvalue weighted by Crippen LogP contribution is 2.26. The Hall–Kier alpha value is -2.16. The number of fused-ring (bicyclic) bond motifs is 1. The highest BCUT2D eigenvalue weighted by atomic mass is 16.5. The van der Waals surface area contributed by atoms with Gasteiger partial charge in [-0.3, -0.25) is 0 Å². The summed E-state index contributed by atoms with van der Waals surface area (Å²) in [7, 11) is 0. The van der Waals surface area contributed by atoms with E-state index in [4.69, 9.17) is 15.2 Å². The van der Waals surface area contributed by atoms with Crippen LogP contribution < -0.4 is 15.2 Å². The summed E-state index contributed by atoms with van der Waals surface area (Å²) in [4.78, 5) is 0. The predicted molar refractivity (Wildman–Crippen MR) is 85.0 cm³/mol. The zero-order chi connectivity index (χ0) is 14.7. The topological polar surface area (TPSA) is 44.5 Å². The Balaban J connectivity index is 1.49. The summed E-state index contributed by atoms with van der Waals surface area (Å²) in [6, 6.07) is 12.1. The van der Waals surface area contributed by atoms with E-state index in [0.29, 0.717) is 13.2 Å². The third kappa shape index (κ3) is 3.30. The largest absolute Gasteiger partial charge is 0.490 e. The number of rotatable bonds is 5. The van der Waals surface area contributed by atoms with Crippen molar-refractivity contribution in [1.29, 1.82) is 0 Å². The minimum absolute atomic E-state index is 0.513. The molecular formula is C18H21NO2. The van der Waals surface area contributed by atoms with Gasteiger partial charge in [-0.05, 0) is 61.1 Å². The van der Waals surface area contributed by atoms with Crippen molar-refractivity contribution in [1.82, 2.24) is 0 Å². The van der Waals surface area contributed by atoms with Gasteiger partial charge >= 0.3 is 0 Å². The summed E-state index contributed by atoms with van der Waals surface area (Å²) >= 11 is 0. The Morgan fingerprint density at radius 1 is 0.905 bits per heavy atom. The van der Waals surface area contributed by atoms with E-state index >= 15 is 0 Å². The van der Waals surface area contributed by atoms with Crippen molar-refractivity contribution in [2.75, 3.05) is 18.9 Å². The molecule has 110 valence electrons. The van der Waals surface area contributed by atoms with Crippen LogP contribution in [0.25, 0.3) is 0 Å². The van der Waals surface area contributed by atoms with Gasteiger partial charge in [0.15, 0.2) is 0 Å². The third-order valence-corrected chi connectivity index (χ3v) is 3.94. The highest BCUT2D eigenvalue weighted by Gasteiger charge is 2.11. The maximum atomic E-state index is 5.86. The van der Waals surface area contributed by atoms with E-state index in [2.05, 4.69) is 12.1 Å². The molecule has 21 heavy (non-hydrogen) atoms. The monoisotopic (exact) mass is 283 g/mol. The number of benzene rings is 2. The van der Waals surface area contributed by atoms with Gasteiger partial charge in [-0.25, -0.2) is 0 Å². The van der Waals surface area contributed by atoms with Crippen molar-refractivity contribution < 1.29 is 9.47 Å².